The molecule has 1 atom stereocenters. The van der Waals surface area contributed by atoms with Crippen molar-refractivity contribution in [1.82, 2.24) is 5.32 Å². The third kappa shape index (κ3) is 7.13. The minimum Gasteiger partial charge on any atom is -0.494 e. The van der Waals surface area contributed by atoms with Gasteiger partial charge in [-0.3, -0.25) is 9.59 Å². The number of aryl methyl sites for hydroxylation is 2. The van der Waals surface area contributed by atoms with Crippen LogP contribution in [-0.2, 0) is 22.4 Å². The van der Waals surface area contributed by atoms with E-state index < -0.39 is 11.9 Å². The monoisotopic (exact) mass is 369 g/mol. The molecule has 0 heterocycles. The van der Waals surface area contributed by atoms with Crippen LogP contribution in [0.15, 0.2) is 48.5 Å². The van der Waals surface area contributed by atoms with Gasteiger partial charge in [0.1, 0.15) is 5.75 Å². The third-order valence-corrected chi connectivity index (χ3v) is 4.33. The van der Waals surface area contributed by atoms with E-state index in [4.69, 9.17) is 4.74 Å². The van der Waals surface area contributed by atoms with Crippen molar-refractivity contribution in [3.63, 3.8) is 0 Å². The van der Waals surface area contributed by atoms with Crippen molar-refractivity contribution in [2.24, 2.45) is 5.92 Å². The maximum Gasteiger partial charge on any atom is 0.308 e. The average molecular weight is 369 g/mol. The first-order valence-corrected chi connectivity index (χ1v) is 9.24. The highest BCUT2D eigenvalue weighted by Crippen LogP contribution is 2.15. The molecule has 2 aromatic carbocycles. The lowest BCUT2D eigenvalue weighted by Crippen LogP contribution is -2.34. The summed E-state index contributed by atoms with van der Waals surface area (Å²) < 4.78 is 5.39. The zero-order valence-corrected chi connectivity index (χ0v) is 15.9. The average Bonchev–Trinajstić information content (AvgIpc) is 2.65. The quantitative estimate of drug-likeness (QED) is 0.673. The molecule has 144 valence electrons. The van der Waals surface area contributed by atoms with Crippen molar-refractivity contribution in [3.8, 4) is 5.75 Å². The van der Waals surface area contributed by atoms with Gasteiger partial charge < -0.3 is 15.2 Å². The highest BCUT2D eigenvalue weighted by atomic mass is 16.5. The van der Waals surface area contributed by atoms with Crippen LogP contribution in [0.25, 0.3) is 0 Å². The molecule has 5 nitrogen and oxygen atoms in total. The summed E-state index contributed by atoms with van der Waals surface area (Å²) in [6, 6.07) is 15.4. The fourth-order valence-corrected chi connectivity index (χ4v) is 2.87. The van der Waals surface area contributed by atoms with Gasteiger partial charge in [-0.2, -0.15) is 0 Å². The van der Waals surface area contributed by atoms with E-state index in [9.17, 15) is 14.7 Å². The molecule has 0 bridgehead atoms. The molecule has 2 N–H and O–H groups in total. The van der Waals surface area contributed by atoms with Gasteiger partial charge in [0.2, 0.25) is 5.91 Å². The molecule has 0 aliphatic heterocycles. The van der Waals surface area contributed by atoms with Crippen molar-refractivity contribution in [2.45, 2.75) is 33.1 Å². The minimum atomic E-state index is -0.914. The first-order chi connectivity index (χ1) is 13.0. The van der Waals surface area contributed by atoms with Gasteiger partial charge in [-0.1, -0.05) is 42.0 Å². The van der Waals surface area contributed by atoms with E-state index >= 15 is 0 Å². The Hall–Kier alpha value is -2.82. The molecule has 1 amide bonds. The molecule has 0 radical (unpaired) electrons. The topological polar surface area (TPSA) is 75.6 Å². The predicted molar refractivity (Wildman–Crippen MR) is 105 cm³/mol. The SMILES string of the molecule is CCOc1ccc(CC(CNC(=O)CCc2cccc(C)c2)C(=O)O)cc1. The number of nitrogens with one attached hydrogen (secondary N) is 1. The van der Waals surface area contributed by atoms with E-state index in [1.165, 1.54) is 0 Å². The van der Waals surface area contributed by atoms with Gasteiger partial charge in [0.05, 0.1) is 12.5 Å². The van der Waals surface area contributed by atoms with E-state index in [2.05, 4.69) is 11.4 Å². The summed E-state index contributed by atoms with van der Waals surface area (Å²) in [5.74, 6) is -0.944. The highest BCUT2D eigenvalue weighted by molar-refractivity contribution is 5.77. The summed E-state index contributed by atoms with van der Waals surface area (Å²) in [5.41, 5.74) is 3.17. The number of carbonyl (C=O) groups excluding carboxylic acids is 1. The zero-order chi connectivity index (χ0) is 19.6. The molecule has 27 heavy (non-hydrogen) atoms. The fraction of sp³-hybridized carbons (Fsp3) is 0.364. The Morgan fingerprint density at radius 3 is 2.48 bits per heavy atom. The molecule has 5 heteroatoms. The lowest BCUT2D eigenvalue weighted by atomic mass is 9.99. The van der Waals surface area contributed by atoms with E-state index in [1.807, 2.05) is 56.3 Å². The van der Waals surface area contributed by atoms with Crippen LogP contribution in [0, 0.1) is 12.8 Å². The van der Waals surface area contributed by atoms with Crippen LogP contribution in [0.5, 0.6) is 5.75 Å². The van der Waals surface area contributed by atoms with Crippen LogP contribution >= 0.6 is 0 Å². The number of carbonyl (C=O) groups is 2. The number of amides is 1. The summed E-state index contributed by atoms with van der Waals surface area (Å²) in [5, 5.41) is 12.2. The van der Waals surface area contributed by atoms with Gasteiger partial charge in [-0.05, 0) is 49.9 Å². The maximum atomic E-state index is 12.1. The lowest BCUT2D eigenvalue weighted by molar-refractivity contribution is -0.141. The van der Waals surface area contributed by atoms with Crippen molar-refractivity contribution in [1.29, 1.82) is 0 Å². The lowest BCUT2D eigenvalue weighted by Gasteiger charge is -2.14. The maximum absolute atomic E-state index is 12.1. The van der Waals surface area contributed by atoms with Crippen LogP contribution in [0.1, 0.15) is 30.0 Å². The van der Waals surface area contributed by atoms with Crippen molar-refractivity contribution in [3.05, 3.63) is 65.2 Å². The van der Waals surface area contributed by atoms with Crippen LogP contribution in [0.2, 0.25) is 0 Å². The van der Waals surface area contributed by atoms with Crippen LogP contribution in [0.3, 0.4) is 0 Å². The number of hydrogen-bond donors (Lipinski definition) is 2. The number of carboxylic acid groups (broad SMARTS) is 1. The Morgan fingerprint density at radius 1 is 1.11 bits per heavy atom. The molecule has 0 spiro atoms. The van der Waals surface area contributed by atoms with Gasteiger partial charge >= 0.3 is 5.97 Å². The smallest absolute Gasteiger partial charge is 0.308 e. The number of rotatable bonds is 10. The van der Waals surface area contributed by atoms with Gasteiger partial charge in [-0.25, -0.2) is 0 Å². The van der Waals surface area contributed by atoms with E-state index in [-0.39, 0.29) is 12.5 Å². The fourth-order valence-electron chi connectivity index (χ4n) is 2.87. The molecule has 0 aliphatic carbocycles. The van der Waals surface area contributed by atoms with Gasteiger partial charge in [0, 0.05) is 13.0 Å². The second kappa shape index (κ2) is 10.4. The molecule has 1 unspecified atom stereocenters. The van der Waals surface area contributed by atoms with Crippen LogP contribution in [0.4, 0.5) is 0 Å². The van der Waals surface area contributed by atoms with Gasteiger partial charge in [0.15, 0.2) is 0 Å². The minimum absolute atomic E-state index is 0.120. The summed E-state index contributed by atoms with van der Waals surface area (Å²) in [6.07, 6.45) is 1.35. The van der Waals surface area contributed by atoms with E-state index in [1.54, 1.807) is 0 Å². The first-order valence-electron chi connectivity index (χ1n) is 9.24. The zero-order valence-electron chi connectivity index (χ0n) is 15.9. The molecule has 0 saturated heterocycles. The van der Waals surface area contributed by atoms with Crippen molar-refractivity contribution in [2.75, 3.05) is 13.2 Å². The molecule has 0 fully saturated rings. The third-order valence-electron chi connectivity index (χ3n) is 4.33. The molecular formula is C22H27NO4. The second-order valence-corrected chi connectivity index (χ2v) is 6.61. The standard InChI is InChI=1S/C22H27NO4/c1-3-27-20-10-7-18(8-11-20)14-19(22(25)26)15-23-21(24)12-9-17-6-4-5-16(2)13-17/h4-8,10-11,13,19H,3,9,12,14-15H2,1-2H3,(H,23,24)(H,25,26). The molecule has 0 saturated carbocycles. The predicted octanol–water partition coefficient (Wildman–Crippen LogP) is 3.39. The van der Waals surface area contributed by atoms with E-state index in [0.29, 0.717) is 25.9 Å². The summed E-state index contributed by atoms with van der Waals surface area (Å²) in [7, 11) is 0. The Labute approximate surface area is 160 Å². The Balaban J connectivity index is 1.82. The Kier molecular flexibility index (Phi) is 7.86. The van der Waals surface area contributed by atoms with Crippen LogP contribution in [-0.4, -0.2) is 30.1 Å². The van der Waals surface area contributed by atoms with Crippen LogP contribution < -0.4 is 10.1 Å². The highest BCUT2D eigenvalue weighted by Gasteiger charge is 2.19. The summed E-state index contributed by atoms with van der Waals surface area (Å²) in [4.78, 5) is 23.6. The molecule has 0 aliphatic rings. The number of benzene rings is 2. The molecular weight excluding hydrogens is 342 g/mol. The normalized spacial score (nSPS) is 11.6. The summed E-state index contributed by atoms with van der Waals surface area (Å²) in [6.45, 7) is 4.64. The van der Waals surface area contributed by atoms with E-state index in [0.717, 1.165) is 22.4 Å². The molecule has 2 rings (SSSR count). The number of aliphatic carboxylic acids is 1. The largest absolute Gasteiger partial charge is 0.494 e. The number of carboxylic acids is 1. The van der Waals surface area contributed by atoms with Gasteiger partial charge in [-0.15, -0.1) is 0 Å². The van der Waals surface area contributed by atoms with Gasteiger partial charge in [0.25, 0.3) is 0 Å². The molecule has 2 aromatic rings. The number of ether oxygens (including phenoxy) is 1. The van der Waals surface area contributed by atoms with Crippen molar-refractivity contribution < 1.29 is 19.4 Å². The number of hydrogen-bond acceptors (Lipinski definition) is 3. The second-order valence-electron chi connectivity index (χ2n) is 6.61. The Bertz CT molecular complexity index is 755. The first kappa shape index (κ1) is 20.5. The summed E-state index contributed by atoms with van der Waals surface area (Å²) >= 11 is 0. The van der Waals surface area contributed by atoms with Crippen molar-refractivity contribution >= 4 is 11.9 Å². The molecule has 0 aromatic heterocycles. The Morgan fingerprint density at radius 2 is 1.85 bits per heavy atom.